The molecule has 1 amide bonds. The summed E-state index contributed by atoms with van der Waals surface area (Å²) in [4.78, 5) is 30.3. The largest absolute Gasteiger partial charge is 0.497 e. The minimum Gasteiger partial charge on any atom is -0.497 e. The summed E-state index contributed by atoms with van der Waals surface area (Å²) in [5.41, 5.74) is 4.53. The van der Waals surface area contributed by atoms with Crippen LogP contribution >= 0.6 is 11.3 Å². The maximum Gasteiger partial charge on any atom is 0.226 e. The fourth-order valence-corrected chi connectivity index (χ4v) is 3.99. The predicted octanol–water partition coefficient (Wildman–Crippen LogP) is 5.35. The molecule has 6 heteroatoms. The van der Waals surface area contributed by atoms with Gasteiger partial charge in [-0.15, -0.1) is 11.3 Å². The number of rotatable bonds is 7. The van der Waals surface area contributed by atoms with Crippen LogP contribution in [0, 0.1) is 20.8 Å². The molecule has 0 aliphatic rings. The van der Waals surface area contributed by atoms with Gasteiger partial charge in [0, 0.05) is 28.8 Å². The zero-order valence-electron chi connectivity index (χ0n) is 17.0. The second-order valence-electron chi connectivity index (χ2n) is 6.94. The lowest BCUT2D eigenvalue weighted by Crippen LogP contribution is -2.13. The van der Waals surface area contributed by atoms with Gasteiger partial charge in [0.15, 0.2) is 10.9 Å². The molecule has 29 heavy (non-hydrogen) atoms. The number of aromatic nitrogens is 1. The van der Waals surface area contributed by atoms with E-state index in [2.05, 4.69) is 10.3 Å². The van der Waals surface area contributed by atoms with Crippen LogP contribution in [0.1, 0.15) is 39.2 Å². The summed E-state index contributed by atoms with van der Waals surface area (Å²) in [6.07, 6.45) is 0.300. The van der Waals surface area contributed by atoms with Crippen molar-refractivity contribution in [3.63, 3.8) is 0 Å². The van der Waals surface area contributed by atoms with E-state index in [1.165, 1.54) is 11.3 Å². The van der Waals surface area contributed by atoms with Gasteiger partial charge in [0.2, 0.25) is 5.91 Å². The third-order valence-electron chi connectivity index (χ3n) is 4.67. The van der Waals surface area contributed by atoms with Crippen molar-refractivity contribution in [2.45, 2.75) is 33.6 Å². The van der Waals surface area contributed by atoms with Crippen LogP contribution in [-0.4, -0.2) is 23.8 Å². The number of ketones is 1. The van der Waals surface area contributed by atoms with Crippen LogP contribution in [0.2, 0.25) is 0 Å². The Kier molecular flexibility index (Phi) is 6.44. The minimum absolute atomic E-state index is 0.0214. The molecule has 5 nitrogen and oxygen atoms in total. The summed E-state index contributed by atoms with van der Waals surface area (Å²) in [5, 5.41) is 3.36. The van der Waals surface area contributed by atoms with E-state index in [0.29, 0.717) is 10.7 Å². The zero-order valence-corrected chi connectivity index (χ0v) is 17.9. The number of carbonyl (C=O) groups excluding carboxylic acids is 2. The Morgan fingerprint density at radius 1 is 1.03 bits per heavy atom. The van der Waals surface area contributed by atoms with Crippen molar-refractivity contribution in [2.75, 3.05) is 12.4 Å². The van der Waals surface area contributed by atoms with Crippen LogP contribution in [0.5, 0.6) is 5.75 Å². The third-order valence-corrected chi connectivity index (χ3v) is 5.55. The number of benzene rings is 2. The van der Waals surface area contributed by atoms with Crippen LogP contribution in [0.15, 0.2) is 42.5 Å². The number of methoxy groups -OCH3 is 1. The van der Waals surface area contributed by atoms with Gasteiger partial charge in [0.05, 0.1) is 12.8 Å². The van der Waals surface area contributed by atoms with Crippen LogP contribution < -0.4 is 10.1 Å². The van der Waals surface area contributed by atoms with E-state index in [4.69, 9.17) is 4.74 Å². The monoisotopic (exact) mass is 408 g/mol. The van der Waals surface area contributed by atoms with E-state index in [-0.39, 0.29) is 24.5 Å². The predicted molar refractivity (Wildman–Crippen MR) is 117 cm³/mol. The summed E-state index contributed by atoms with van der Waals surface area (Å²) in [6.45, 7) is 5.88. The number of carbonyl (C=O) groups is 2. The molecule has 1 heterocycles. The van der Waals surface area contributed by atoms with Gasteiger partial charge in [0.25, 0.3) is 0 Å². The van der Waals surface area contributed by atoms with E-state index >= 15 is 0 Å². The summed E-state index contributed by atoms with van der Waals surface area (Å²) >= 11 is 1.42. The molecule has 1 aromatic heterocycles. The Morgan fingerprint density at radius 2 is 1.76 bits per heavy atom. The molecule has 150 valence electrons. The first-order valence-electron chi connectivity index (χ1n) is 9.39. The van der Waals surface area contributed by atoms with Crippen LogP contribution in [0.4, 0.5) is 5.13 Å². The fourth-order valence-electron chi connectivity index (χ4n) is 3.14. The van der Waals surface area contributed by atoms with E-state index < -0.39 is 0 Å². The SMILES string of the molecule is COc1ccc(-c2nc(NC(=O)CCC(=O)c3ccc(C)cc3C)sc2C)cc1. The molecule has 0 saturated carbocycles. The lowest BCUT2D eigenvalue weighted by molar-refractivity contribution is -0.116. The number of nitrogens with zero attached hydrogens (tertiary/aromatic N) is 1. The average Bonchev–Trinajstić information content (AvgIpc) is 3.06. The van der Waals surface area contributed by atoms with Gasteiger partial charge in [-0.1, -0.05) is 23.8 Å². The van der Waals surface area contributed by atoms with Crippen molar-refractivity contribution in [3.8, 4) is 17.0 Å². The quantitative estimate of drug-likeness (QED) is 0.536. The molecule has 0 bridgehead atoms. The van der Waals surface area contributed by atoms with Gasteiger partial charge in [-0.3, -0.25) is 9.59 Å². The topological polar surface area (TPSA) is 68.3 Å². The summed E-state index contributed by atoms with van der Waals surface area (Å²) in [6, 6.07) is 13.4. The number of aryl methyl sites for hydroxylation is 3. The maximum absolute atomic E-state index is 12.4. The zero-order chi connectivity index (χ0) is 21.0. The Balaban J connectivity index is 1.61. The van der Waals surface area contributed by atoms with Crippen molar-refractivity contribution in [1.29, 1.82) is 0 Å². The van der Waals surface area contributed by atoms with Crippen molar-refractivity contribution >= 4 is 28.2 Å². The molecule has 0 spiro atoms. The van der Waals surface area contributed by atoms with Crippen molar-refractivity contribution in [3.05, 3.63) is 64.0 Å². The van der Waals surface area contributed by atoms with E-state index in [0.717, 1.165) is 33.0 Å². The third kappa shape index (κ3) is 5.09. The number of hydrogen-bond acceptors (Lipinski definition) is 5. The molecule has 0 aliphatic carbocycles. The number of nitrogens with one attached hydrogen (secondary N) is 1. The van der Waals surface area contributed by atoms with Crippen molar-refractivity contribution < 1.29 is 14.3 Å². The smallest absolute Gasteiger partial charge is 0.226 e. The molecule has 2 aromatic carbocycles. The van der Waals surface area contributed by atoms with E-state index in [1.807, 2.05) is 63.2 Å². The lowest BCUT2D eigenvalue weighted by Gasteiger charge is -2.06. The highest BCUT2D eigenvalue weighted by atomic mass is 32.1. The maximum atomic E-state index is 12.4. The molecule has 0 aliphatic heterocycles. The molecule has 0 radical (unpaired) electrons. The first kappa shape index (κ1) is 20.7. The van der Waals surface area contributed by atoms with Gasteiger partial charge in [-0.05, 0) is 50.6 Å². The van der Waals surface area contributed by atoms with Crippen molar-refractivity contribution in [1.82, 2.24) is 4.98 Å². The van der Waals surface area contributed by atoms with E-state index in [1.54, 1.807) is 7.11 Å². The Labute approximate surface area is 174 Å². The summed E-state index contributed by atoms with van der Waals surface area (Å²) in [5.74, 6) is 0.550. The highest BCUT2D eigenvalue weighted by Gasteiger charge is 2.15. The standard InChI is InChI=1S/C23H24N2O3S/c1-14-5-10-19(15(2)13-14)20(26)11-12-21(27)24-23-25-22(16(3)29-23)17-6-8-18(28-4)9-7-17/h5-10,13H,11-12H2,1-4H3,(H,24,25,27). The molecule has 0 fully saturated rings. The molecular weight excluding hydrogens is 384 g/mol. The molecule has 0 atom stereocenters. The molecule has 3 aromatic rings. The first-order valence-corrected chi connectivity index (χ1v) is 10.2. The summed E-state index contributed by atoms with van der Waals surface area (Å²) in [7, 11) is 1.63. The fraction of sp³-hybridized carbons (Fsp3) is 0.261. The number of Topliss-reactive ketones (excluding diaryl/α,β-unsaturated/α-hetero) is 1. The first-order chi connectivity index (χ1) is 13.9. The van der Waals surface area contributed by atoms with Gasteiger partial charge < -0.3 is 10.1 Å². The van der Waals surface area contributed by atoms with Gasteiger partial charge in [0.1, 0.15) is 5.75 Å². The number of anilines is 1. The van der Waals surface area contributed by atoms with Crippen LogP contribution in [0.3, 0.4) is 0 Å². The Morgan fingerprint density at radius 3 is 2.41 bits per heavy atom. The minimum atomic E-state index is -0.210. The normalized spacial score (nSPS) is 10.6. The molecule has 1 N–H and O–H groups in total. The van der Waals surface area contributed by atoms with Crippen molar-refractivity contribution in [2.24, 2.45) is 0 Å². The van der Waals surface area contributed by atoms with E-state index in [9.17, 15) is 9.59 Å². The summed E-state index contributed by atoms with van der Waals surface area (Å²) < 4.78 is 5.18. The second-order valence-corrected chi connectivity index (χ2v) is 8.15. The van der Waals surface area contributed by atoms with Gasteiger partial charge >= 0.3 is 0 Å². The highest BCUT2D eigenvalue weighted by Crippen LogP contribution is 2.31. The van der Waals surface area contributed by atoms with Gasteiger partial charge in [-0.25, -0.2) is 4.98 Å². The number of thiazole rings is 1. The molecule has 0 saturated heterocycles. The number of amides is 1. The van der Waals surface area contributed by atoms with Gasteiger partial charge in [-0.2, -0.15) is 0 Å². The lowest BCUT2D eigenvalue weighted by atomic mass is 9.99. The van der Waals surface area contributed by atoms with Crippen LogP contribution in [0.25, 0.3) is 11.3 Å². The number of hydrogen-bond donors (Lipinski definition) is 1. The average molecular weight is 409 g/mol. The molecule has 0 unspecified atom stereocenters. The Bertz CT molecular complexity index is 1040. The Hall–Kier alpha value is -2.99. The van der Waals surface area contributed by atoms with Crippen LogP contribution in [-0.2, 0) is 4.79 Å². The molecular formula is C23H24N2O3S. The second kappa shape index (κ2) is 9.01. The highest BCUT2D eigenvalue weighted by molar-refractivity contribution is 7.16. The number of ether oxygens (including phenoxy) is 1. The molecule has 3 rings (SSSR count).